The summed E-state index contributed by atoms with van der Waals surface area (Å²) in [4.78, 5) is 11.8. The predicted octanol–water partition coefficient (Wildman–Crippen LogP) is 5.34. The summed E-state index contributed by atoms with van der Waals surface area (Å²) in [5.74, 6) is 0.347. The fraction of sp³-hybridized carbons (Fsp3) is 0.526. The molecule has 1 aliphatic rings. The minimum Gasteiger partial charge on any atom is -0.295 e. The maximum atomic E-state index is 11.8. The van der Waals surface area contributed by atoms with Crippen molar-refractivity contribution in [2.75, 3.05) is 0 Å². The van der Waals surface area contributed by atoms with Crippen molar-refractivity contribution in [1.29, 1.82) is 0 Å². The van der Waals surface area contributed by atoms with E-state index in [1.165, 1.54) is 43.2 Å². The summed E-state index contributed by atoms with van der Waals surface area (Å²) in [5.41, 5.74) is 3.61. The first-order chi connectivity index (χ1) is 9.79. The molecule has 0 atom stereocenters. The second-order valence-electron chi connectivity index (χ2n) is 5.85. The third kappa shape index (κ3) is 4.63. The van der Waals surface area contributed by atoms with Crippen LogP contribution in [-0.2, 0) is 11.2 Å². The average Bonchev–Trinajstić information content (AvgIpc) is 2.48. The van der Waals surface area contributed by atoms with E-state index in [1.54, 1.807) is 0 Å². The van der Waals surface area contributed by atoms with Gasteiger partial charge in [0.1, 0.15) is 0 Å². The number of unbranched alkanes of at least 4 members (excludes halogenated alkanes) is 3. The van der Waals surface area contributed by atoms with Crippen molar-refractivity contribution in [3.63, 3.8) is 0 Å². The molecule has 0 bridgehead atoms. The van der Waals surface area contributed by atoms with Crippen molar-refractivity contribution in [1.82, 2.24) is 0 Å². The van der Waals surface area contributed by atoms with Gasteiger partial charge in [0.15, 0.2) is 5.78 Å². The van der Waals surface area contributed by atoms with E-state index in [0.717, 1.165) is 31.3 Å². The molecule has 1 aromatic rings. The zero-order valence-corrected chi connectivity index (χ0v) is 12.7. The van der Waals surface area contributed by atoms with E-state index < -0.39 is 0 Å². The van der Waals surface area contributed by atoms with Gasteiger partial charge in [0.2, 0.25) is 0 Å². The van der Waals surface area contributed by atoms with Gasteiger partial charge < -0.3 is 0 Å². The average molecular weight is 270 g/mol. The highest BCUT2D eigenvalue weighted by Gasteiger charge is 2.14. The Bertz CT molecular complexity index is 453. The van der Waals surface area contributed by atoms with Gasteiger partial charge in [-0.05, 0) is 54.9 Å². The number of hydrogen-bond donors (Lipinski definition) is 0. The molecule has 0 unspecified atom stereocenters. The molecule has 0 aromatic heterocycles. The van der Waals surface area contributed by atoms with E-state index in [2.05, 4.69) is 37.3 Å². The minimum atomic E-state index is 0.347. The lowest BCUT2D eigenvalue weighted by atomic mass is 9.92. The highest BCUT2D eigenvalue weighted by Crippen LogP contribution is 2.22. The van der Waals surface area contributed by atoms with Crippen LogP contribution in [0.2, 0.25) is 0 Å². The number of aryl methyl sites for hydroxylation is 1. The Kier molecular flexibility index (Phi) is 6.04. The second-order valence-corrected chi connectivity index (χ2v) is 5.85. The molecule has 0 radical (unpaired) electrons. The lowest BCUT2D eigenvalue weighted by Crippen LogP contribution is -2.07. The third-order valence-corrected chi connectivity index (χ3v) is 4.10. The molecule has 20 heavy (non-hydrogen) atoms. The van der Waals surface area contributed by atoms with Crippen molar-refractivity contribution in [2.24, 2.45) is 0 Å². The number of carbonyl (C=O) groups is 1. The molecule has 0 aliphatic heterocycles. The van der Waals surface area contributed by atoms with E-state index in [9.17, 15) is 4.79 Å². The van der Waals surface area contributed by atoms with Crippen LogP contribution in [0.25, 0.3) is 6.08 Å². The van der Waals surface area contributed by atoms with Gasteiger partial charge in [0.05, 0.1) is 0 Å². The van der Waals surface area contributed by atoms with Crippen LogP contribution in [0, 0.1) is 0 Å². The van der Waals surface area contributed by atoms with Gasteiger partial charge in [-0.3, -0.25) is 4.79 Å². The van der Waals surface area contributed by atoms with Gasteiger partial charge in [-0.25, -0.2) is 0 Å². The molecule has 1 saturated carbocycles. The Morgan fingerprint density at radius 2 is 1.75 bits per heavy atom. The molecule has 1 aliphatic carbocycles. The summed E-state index contributed by atoms with van der Waals surface area (Å²) >= 11 is 0. The second kappa shape index (κ2) is 8.04. The van der Waals surface area contributed by atoms with Gasteiger partial charge in [-0.2, -0.15) is 0 Å². The maximum absolute atomic E-state index is 11.8. The van der Waals surface area contributed by atoms with Crippen molar-refractivity contribution in [3.05, 3.63) is 41.0 Å². The highest BCUT2D eigenvalue weighted by atomic mass is 16.1. The Hall–Kier alpha value is -1.37. The molecule has 108 valence electrons. The van der Waals surface area contributed by atoms with Crippen molar-refractivity contribution >= 4 is 11.9 Å². The number of Topliss-reactive ketones (excluding diaryl/α,β-unsaturated/α-hetero) is 1. The number of hydrogen-bond acceptors (Lipinski definition) is 1. The zero-order valence-electron chi connectivity index (χ0n) is 12.7. The molecule has 2 rings (SSSR count). The lowest BCUT2D eigenvalue weighted by Gasteiger charge is -2.12. The fourth-order valence-electron chi connectivity index (χ4n) is 2.79. The third-order valence-electron chi connectivity index (χ3n) is 4.10. The standard InChI is InChI=1S/C19H26O/c1-2-3-4-5-8-16-11-13-17(14-12-16)15-18-9-6-7-10-19(18)20/h11-15H,2-10H2,1H3/b18-15-. The minimum absolute atomic E-state index is 0.347. The molecular formula is C19H26O. The van der Waals surface area contributed by atoms with Crippen LogP contribution in [-0.4, -0.2) is 5.78 Å². The zero-order chi connectivity index (χ0) is 14.2. The first-order valence-electron chi connectivity index (χ1n) is 8.12. The molecule has 0 heterocycles. The summed E-state index contributed by atoms with van der Waals surface area (Å²) in [7, 11) is 0. The first-order valence-corrected chi connectivity index (χ1v) is 8.12. The largest absolute Gasteiger partial charge is 0.295 e. The van der Waals surface area contributed by atoms with Gasteiger partial charge in [0.25, 0.3) is 0 Å². The van der Waals surface area contributed by atoms with Crippen LogP contribution < -0.4 is 0 Å². The Labute approximate surface area is 123 Å². The molecule has 1 nitrogen and oxygen atoms in total. The maximum Gasteiger partial charge on any atom is 0.158 e. The van der Waals surface area contributed by atoms with Crippen LogP contribution in [0.1, 0.15) is 69.4 Å². The summed E-state index contributed by atoms with van der Waals surface area (Å²) in [6, 6.07) is 8.74. The van der Waals surface area contributed by atoms with E-state index in [0.29, 0.717) is 5.78 Å². The number of ketones is 1. The number of carbonyl (C=O) groups excluding carboxylic acids is 1. The Morgan fingerprint density at radius 1 is 1.00 bits per heavy atom. The molecule has 0 N–H and O–H groups in total. The van der Waals surface area contributed by atoms with Crippen molar-refractivity contribution in [3.8, 4) is 0 Å². The van der Waals surface area contributed by atoms with Gasteiger partial charge >= 0.3 is 0 Å². The normalized spacial score (nSPS) is 17.6. The predicted molar refractivity (Wildman–Crippen MR) is 85.7 cm³/mol. The smallest absolute Gasteiger partial charge is 0.158 e. The van der Waals surface area contributed by atoms with Gasteiger partial charge in [0, 0.05) is 6.42 Å². The molecule has 0 saturated heterocycles. The van der Waals surface area contributed by atoms with Crippen LogP contribution >= 0.6 is 0 Å². The number of allylic oxidation sites excluding steroid dienone is 1. The highest BCUT2D eigenvalue weighted by molar-refractivity contribution is 6.00. The Balaban J connectivity index is 1.90. The van der Waals surface area contributed by atoms with Gasteiger partial charge in [-0.1, -0.05) is 50.5 Å². The molecular weight excluding hydrogens is 244 g/mol. The molecule has 0 amide bonds. The molecule has 1 aromatic carbocycles. The molecule has 1 fully saturated rings. The van der Waals surface area contributed by atoms with E-state index in [1.807, 2.05) is 0 Å². The topological polar surface area (TPSA) is 17.1 Å². The summed E-state index contributed by atoms with van der Waals surface area (Å²) in [6.07, 6.45) is 12.4. The SMILES string of the molecule is CCCCCCc1ccc(/C=C2/CCCCC2=O)cc1. The van der Waals surface area contributed by atoms with Crippen LogP contribution in [0.3, 0.4) is 0 Å². The summed E-state index contributed by atoms with van der Waals surface area (Å²) in [5, 5.41) is 0. The molecule has 0 spiro atoms. The van der Waals surface area contributed by atoms with Gasteiger partial charge in [-0.15, -0.1) is 0 Å². The summed E-state index contributed by atoms with van der Waals surface area (Å²) in [6.45, 7) is 2.24. The Morgan fingerprint density at radius 3 is 2.45 bits per heavy atom. The molecule has 1 heteroatoms. The quantitative estimate of drug-likeness (QED) is 0.504. The summed E-state index contributed by atoms with van der Waals surface area (Å²) < 4.78 is 0. The van der Waals surface area contributed by atoms with Crippen molar-refractivity contribution in [2.45, 2.75) is 64.7 Å². The number of rotatable bonds is 6. The van der Waals surface area contributed by atoms with Crippen LogP contribution in [0.5, 0.6) is 0 Å². The lowest BCUT2D eigenvalue weighted by molar-refractivity contribution is -0.116. The van der Waals surface area contributed by atoms with E-state index >= 15 is 0 Å². The van der Waals surface area contributed by atoms with Crippen molar-refractivity contribution < 1.29 is 4.79 Å². The van der Waals surface area contributed by atoms with Crippen LogP contribution in [0.15, 0.2) is 29.8 Å². The fourth-order valence-corrected chi connectivity index (χ4v) is 2.79. The number of benzene rings is 1. The van der Waals surface area contributed by atoms with E-state index in [4.69, 9.17) is 0 Å². The van der Waals surface area contributed by atoms with E-state index in [-0.39, 0.29) is 0 Å². The monoisotopic (exact) mass is 270 g/mol. The first kappa shape index (κ1) is 15.0. The van der Waals surface area contributed by atoms with Crippen LogP contribution in [0.4, 0.5) is 0 Å².